The lowest BCUT2D eigenvalue weighted by molar-refractivity contribution is -0.150. The summed E-state index contributed by atoms with van der Waals surface area (Å²) in [5.74, 6) is -1.83. The fourth-order valence-electron chi connectivity index (χ4n) is 1.97. The Hall–Kier alpha value is -2.36. The Bertz CT molecular complexity index is 579. The van der Waals surface area contributed by atoms with Crippen molar-refractivity contribution < 1.29 is 19.1 Å². The fraction of sp³-hybridized carbons (Fsp3) is 0.333. The highest BCUT2D eigenvalue weighted by Gasteiger charge is 2.30. The van der Waals surface area contributed by atoms with E-state index in [-0.39, 0.29) is 11.1 Å². The first kappa shape index (κ1) is 17.7. The zero-order valence-electron chi connectivity index (χ0n) is 13.5. The number of esters is 2. The van der Waals surface area contributed by atoms with Gasteiger partial charge in [0.2, 0.25) is 0 Å². The van der Waals surface area contributed by atoms with E-state index < -0.39 is 23.5 Å². The number of carbonyl (C=O) groups is 2. The second kappa shape index (κ2) is 7.07. The zero-order chi connectivity index (χ0) is 16.9. The van der Waals surface area contributed by atoms with Gasteiger partial charge in [0.25, 0.3) is 0 Å². The molecule has 0 saturated carbocycles. The third-order valence-electron chi connectivity index (χ3n) is 2.94. The van der Waals surface area contributed by atoms with E-state index in [4.69, 9.17) is 9.47 Å². The molecule has 118 valence electrons. The van der Waals surface area contributed by atoms with Crippen molar-refractivity contribution >= 4 is 11.9 Å². The number of hydrogen-bond acceptors (Lipinski definition) is 4. The van der Waals surface area contributed by atoms with Crippen molar-refractivity contribution in [3.8, 4) is 0 Å². The lowest BCUT2D eigenvalue weighted by Crippen LogP contribution is -2.27. The van der Waals surface area contributed by atoms with Crippen LogP contribution in [-0.2, 0) is 19.1 Å². The van der Waals surface area contributed by atoms with Crippen LogP contribution in [0.3, 0.4) is 0 Å². The maximum atomic E-state index is 12.3. The Morgan fingerprint density at radius 3 is 1.95 bits per heavy atom. The molecule has 0 unspecified atom stereocenters. The molecule has 0 amide bonds. The molecule has 4 nitrogen and oxygen atoms in total. The smallest absolute Gasteiger partial charge is 0.334 e. The Morgan fingerprint density at radius 1 is 1.00 bits per heavy atom. The van der Waals surface area contributed by atoms with Crippen LogP contribution in [0.5, 0.6) is 0 Å². The third-order valence-corrected chi connectivity index (χ3v) is 2.94. The molecule has 0 aliphatic carbocycles. The highest BCUT2D eigenvalue weighted by Crippen LogP contribution is 2.32. The largest absolute Gasteiger partial charge is 0.466 e. The number of hydrogen-bond donors (Lipinski definition) is 0. The summed E-state index contributed by atoms with van der Waals surface area (Å²) < 4.78 is 10.0. The normalized spacial score (nSPS) is 12.2. The molecule has 1 aromatic carbocycles. The van der Waals surface area contributed by atoms with Gasteiger partial charge >= 0.3 is 11.9 Å². The predicted octanol–water partition coefficient (Wildman–Crippen LogP) is 3.40. The number of ether oxygens (including phenoxy) is 2. The quantitative estimate of drug-likeness (QED) is 0.618. The number of methoxy groups -OCH3 is 1. The molecular weight excluding hydrogens is 280 g/mol. The SMILES string of the molecule is C=C(C(=O)OC)[C@@H](C(=C)C(=O)OC(C)(C)C)c1ccccc1. The topological polar surface area (TPSA) is 52.6 Å². The van der Waals surface area contributed by atoms with E-state index in [0.29, 0.717) is 0 Å². The van der Waals surface area contributed by atoms with Gasteiger partial charge in [0, 0.05) is 17.1 Å². The maximum absolute atomic E-state index is 12.3. The van der Waals surface area contributed by atoms with Crippen molar-refractivity contribution in [3.05, 3.63) is 60.2 Å². The van der Waals surface area contributed by atoms with Gasteiger partial charge in [-0.05, 0) is 26.3 Å². The van der Waals surface area contributed by atoms with Gasteiger partial charge in [-0.1, -0.05) is 43.5 Å². The molecule has 1 aromatic rings. The van der Waals surface area contributed by atoms with Crippen LogP contribution in [0, 0.1) is 0 Å². The van der Waals surface area contributed by atoms with E-state index in [2.05, 4.69) is 13.2 Å². The molecule has 0 heterocycles. The van der Waals surface area contributed by atoms with Crippen molar-refractivity contribution in [1.82, 2.24) is 0 Å². The van der Waals surface area contributed by atoms with Crippen LogP contribution in [0.1, 0.15) is 32.3 Å². The summed E-state index contributed by atoms with van der Waals surface area (Å²) in [6, 6.07) is 9.07. The first-order valence-corrected chi connectivity index (χ1v) is 6.91. The van der Waals surface area contributed by atoms with Gasteiger partial charge in [0.05, 0.1) is 7.11 Å². The first-order valence-electron chi connectivity index (χ1n) is 6.91. The van der Waals surface area contributed by atoms with Crippen molar-refractivity contribution in [3.63, 3.8) is 0 Å². The van der Waals surface area contributed by atoms with E-state index in [0.717, 1.165) is 5.56 Å². The van der Waals surface area contributed by atoms with E-state index in [1.807, 2.05) is 18.2 Å². The van der Waals surface area contributed by atoms with Crippen molar-refractivity contribution in [2.75, 3.05) is 7.11 Å². The van der Waals surface area contributed by atoms with E-state index in [1.54, 1.807) is 32.9 Å². The molecular formula is C18H22O4. The summed E-state index contributed by atoms with van der Waals surface area (Å²) in [4.78, 5) is 24.1. The summed E-state index contributed by atoms with van der Waals surface area (Å²) in [5.41, 5.74) is 0.378. The van der Waals surface area contributed by atoms with Crippen molar-refractivity contribution in [2.24, 2.45) is 0 Å². The minimum Gasteiger partial charge on any atom is -0.466 e. The molecule has 1 rings (SSSR count). The fourth-order valence-corrected chi connectivity index (χ4v) is 1.97. The molecule has 4 heteroatoms. The molecule has 0 bridgehead atoms. The molecule has 0 aliphatic heterocycles. The molecule has 0 spiro atoms. The minimum atomic E-state index is -0.677. The molecule has 0 saturated heterocycles. The van der Waals surface area contributed by atoms with Crippen LogP contribution >= 0.6 is 0 Å². The van der Waals surface area contributed by atoms with Gasteiger partial charge in [0.1, 0.15) is 5.60 Å². The highest BCUT2D eigenvalue weighted by atomic mass is 16.6. The second-order valence-electron chi connectivity index (χ2n) is 5.89. The van der Waals surface area contributed by atoms with Gasteiger partial charge in [-0.3, -0.25) is 0 Å². The molecule has 0 aromatic heterocycles. The summed E-state index contributed by atoms with van der Waals surface area (Å²) in [6.07, 6.45) is 0. The average Bonchev–Trinajstić information content (AvgIpc) is 2.45. The highest BCUT2D eigenvalue weighted by molar-refractivity contribution is 5.97. The van der Waals surface area contributed by atoms with Gasteiger partial charge in [-0.25, -0.2) is 9.59 Å². The van der Waals surface area contributed by atoms with Gasteiger partial charge in [0.15, 0.2) is 0 Å². The van der Waals surface area contributed by atoms with E-state index >= 15 is 0 Å². The molecule has 0 N–H and O–H groups in total. The van der Waals surface area contributed by atoms with Crippen LogP contribution in [-0.4, -0.2) is 24.6 Å². The zero-order valence-corrected chi connectivity index (χ0v) is 13.5. The Labute approximate surface area is 131 Å². The standard InChI is InChI=1S/C18H22O4/c1-12(16(19)21-6)15(14-10-8-7-9-11-14)13(2)17(20)22-18(3,4)5/h7-11,15H,1-2H2,3-6H3/t15-/m0/s1. The molecule has 22 heavy (non-hydrogen) atoms. The molecule has 0 radical (unpaired) electrons. The Kier molecular flexibility index (Phi) is 5.69. The molecule has 0 aliphatic rings. The maximum Gasteiger partial charge on any atom is 0.334 e. The van der Waals surface area contributed by atoms with Crippen molar-refractivity contribution in [2.45, 2.75) is 32.3 Å². The van der Waals surface area contributed by atoms with Crippen LogP contribution in [0.25, 0.3) is 0 Å². The monoisotopic (exact) mass is 302 g/mol. The third kappa shape index (κ3) is 4.58. The predicted molar refractivity (Wildman–Crippen MR) is 85.3 cm³/mol. The molecule has 0 fully saturated rings. The van der Waals surface area contributed by atoms with Gasteiger partial charge < -0.3 is 9.47 Å². The van der Waals surface area contributed by atoms with E-state index in [1.165, 1.54) is 7.11 Å². The minimum absolute atomic E-state index is 0.143. The van der Waals surface area contributed by atoms with Crippen LogP contribution in [0.2, 0.25) is 0 Å². The summed E-state index contributed by atoms with van der Waals surface area (Å²) in [5, 5.41) is 0. The van der Waals surface area contributed by atoms with E-state index in [9.17, 15) is 9.59 Å². The second-order valence-corrected chi connectivity index (χ2v) is 5.89. The Balaban J connectivity index is 3.16. The number of rotatable bonds is 5. The number of carbonyl (C=O) groups excluding carboxylic acids is 2. The average molecular weight is 302 g/mol. The van der Waals surface area contributed by atoms with Gasteiger partial charge in [-0.15, -0.1) is 0 Å². The Morgan fingerprint density at radius 2 is 1.50 bits per heavy atom. The summed E-state index contributed by atoms with van der Waals surface area (Å²) >= 11 is 0. The summed E-state index contributed by atoms with van der Waals surface area (Å²) in [7, 11) is 1.27. The van der Waals surface area contributed by atoms with Gasteiger partial charge in [-0.2, -0.15) is 0 Å². The van der Waals surface area contributed by atoms with Crippen LogP contribution in [0.15, 0.2) is 54.6 Å². The molecule has 1 atom stereocenters. The lowest BCUT2D eigenvalue weighted by atomic mass is 9.86. The van der Waals surface area contributed by atoms with Crippen molar-refractivity contribution in [1.29, 1.82) is 0 Å². The number of benzene rings is 1. The summed E-state index contributed by atoms with van der Waals surface area (Å²) in [6.45, 7) is 12.9. The van der Waals surface area contributed by atoms with Crippen LogP contribution < -0.4 is 0 Å². The lowest BCUT2D eigenvalue weighted by Gasteiger charge is -2.24. The first-order chi connectivity index (χ1) is 10.2. The van der Waals surface area contributed by atoms with Crippen LogP contribution in [0.4, 0.5) is 0 Å².